The molecule has 29 heavy (non-hydrogen) atoms. The van der Waals surface area contributed by atoms with Crippen molar-refractivity contribution in [2.24, 2.45) is 0 Å². The summed E-state index contributed by atoms with van der Waals surface area (Å²) in [6, 6.07) is 9.13. The Kier molecular flexibility index (Phi) is 6.97. The summed E-state index contributed by atoms with van der Waals surface area (Å²) < 4.78 is 1.36. The number of hydrogen-bond donors (Lipinski definition) is 2. The van der Waals surface area contributed by atoms with E-state index in [9.17, 15) is 9.90 Å². The Hall–Kier alpha value is -2.32. The average molecular weight is 434 g/mol. The zero-order chi connectivity index (χ0) is 19.5. The molecule has 1 saturated heterocycles. The Labute approximate surface area is 179 Å². The highest BCUT2D eigenvalue weighted by molar-refractivity contribution is 6.30. The topological polar surface area (TPSA) is 92.9 Å². The lowest BCUT2D eigenvalue weighted by molar-refractivity contribution is 0.0796. The van der Waals surface area contributed by atoms with Crippen molar-refractivity contribution in [2.75, 3.05) is 19.7 Å². The molecule has 2 aromatic heterocycles. The fraction of sp³-hybridized carbons (Fsp3) is 0.300. The van der Waals surface area contributed by atoms with Gasteiger partial charge in [-0.15, -0.1) is 12.4 Å². The van der Waals surface area contributed by atoms with Gasteiger partial charge in [-0.3, -0.25) is 4.79 Å². The lowest BCUT2D eigenvalue weighted by atomic mass is 9.89. The highest BCUT2D eigenvalue weighted by atomic mass is 35.5. The van der Waals surface area contributed by atoms with Crippen molar-refractivity contribution in [3.05, 3.63) is 53.6 Å². The number of hydrogen-bond acceptors (Lipinski definition) is 6. The van der Waals surface area contributed by atoms with Crippen LogP contribution in [0.1, 0.15) is 29.2 Å². The summed E-state index contributed by atoms with van der Waals surface area (Å²) >= 11 is 6.05. The SMILES string of the molecule is Cl.O=C(CO)n1nc(-c2ccc(Cl)cc2)c(-c2ccncn2)c1C1CCNCC1. The Morgan fingerprint density at radius 3 is 2.55 bits per heavy atom. The zero-order valence-electron chi connectivity index (χ0n) is 15.6. The van der Waals surface area contributed by atoms with Gasteiger partial charge in [0.2, 0.25) is 0 Å². The van der Waals surface area contributed by atoms with E-state index in [1.54, 1.807) is 18.3 Å². The van der Waals surface area contributed by atoms with Crippen LogP contribution in [0.4, 0.5) is 0 Å². The standard InChI is InChI=1S/C20H20ClN5O2.ClH/c21-15-3-1-13(2-4-15)19-18(16-7-10-23-12-24-16)20(14-5-8-22-9-6-14)26(25-19)17(28)11-27;/h1-4,7,10,12,14,22,27H,5-6,8-9,11H2;1H. The maximum Gasteiger partial charge on any atom is 0.272 e. The largest absolute Gasteiger partial charge is 0.386 e. The summed E-state index contributed by atoms with van der Waals surface area (Å²) in [5.74, 6) is -0.320. The van der Waals surface area contributed by atoms with Gasteiger partial charge >= 0.3 is 0 Å². The van der Waals surface area contributed by atoms with Crippen molar-refractivity contribution >= 4 is 29.9 Å². The molecule has 0 bridgehead atoms. The van der Waals surface area contributed by atoms with Crippen LogP contribution in [0.3, 0.4) is 0 Å². The van der Waals surface area contributed by atoms with Gasteiger partial charge in [0.15, 0.2) is 0 Å². The molecule has 0 unspecified atom stereocenters. The predicted octanol–water partition coefficient (Wildman–Crippen LogP) is 3.18. The van der Waals surface area contributed by atoms with Crippen LogP contribution in [-0.4, -0.2) is 50.5 Å². The maximum atomic E-state index is 12.5. The molecule has 3 aromatic rings. The number of aliphatic hydroxyl groups is 1. The molecule has 0 atom stereocenters. The highest BCUT2D eigenvalue weighted by Crippen LogP contribution is 2.40. The second-order valence-corrected chi connectivity index (χ2v) is 7.13. The normalized spacial score (nSPS) is 14.4. The van der Waals surface area contributed by atoms with Crippen LogP contribution in [0, 0.1) is 0 Å². The number of benzene rings is 1. The van der Waals surface area contributed by atoms with Crippen LogP contribution in [0.2, 0.25) is 5.02 Å². The Morgan fingerprint density at radius 1 is 1.21 bits per heavy atom. The van der Waals surface area contributed by atoms with Gasteiger partial charge in [0.1, 0.15) is 18.6 Å². The van der Waals surface area contributed by atoms with E-state index in [0.717, 1.165) is 42.8 Å². The molecule has 4 rings (SSSR count). The van der Waals surface area contributed by atoms with Crippen molar-refractivity contribution < 1.29 is 9.90 Å². The van der Waals surface area contributed by atoms with E-state index in [0.29, 0.717) is 16.4 Å². The number of nitrogens with one attached hydrogen (secondary N) is 1. The summed E-state index contributed by atoms with van der Waals surface area (Å²) in [7, 11) is 0. The zero-order valence-corrected chi connectivity index (χ0v) is 17.2. The van der Waals surface area contributed by atoms with E-state index in [2.05, 4.69) is 20.4 Å². The van der Waals surface area contributed by atoms with Gasteiger partial charge < -0.3 is 10.4 Å². The molecule has 0 amide bonds. The molecule has 0 aliphatic carbocycles. The quantitative estimate of drug-likeness (QED) is 0.655. The Bertz CT molecular complexity index is 971. The van der Waals surface area contributed by atoms with Gasteiger partial charge in [0, 0.05) is 22.7 Å². The second kappa shape index (κ2) is 9.45. The molecule has 1 aromatic carbocycles. The summed E-state index contributed by atoms with van der Waals surface area (Å²) in [5.41, 5.74) is 3.77. The third-order valence-corrected chi connectivity index (χ3v) is 5.23. The molecular weight excluding hydrogens is 413 g/mol. The minimum absolute atomic E-state index is 0. The Balaban J connectivity index is 0.00000240. The van der Waals surface area contributed by atoms with Crippen LogP contribution in [0.5, 0.6) is 0 Å². The van der Waals surface area contributed by atoms with Gasteiger partial charge in [-0.05, 0) is 44.1 Å². The van der Waals surface area contributed by atoms with Gasteiger partial charge in [0.05, 0.1) is 17.0 Å². The van der Waals surface area contributed by atoms with Crippen molar-refractivity contribution in [1.29, 1.82) is 0 Å². The first kappa shape index (κ1) is 21.4. The van der Waals surface area contributed by atoms with E-state index < -0.39 is 12.5 Å². The van der Waals surface area contributed by atoms with Gasteiger partial charge in [-0.1, -0.05) is 23.7 Å². The van der Waals surface area contributed by atoms with Crippen molar-refractivity contribution in [3.63, 3.8) is 0 Å². The van der Waals surface area contributed by atoms with Crippen LogP contribution >= 0.6 is 24.0 Å². The molecule has 1 fully saturated rings. The summed E-state index contributed by atoms with van der Waals surface area (Å²) in [4.78, 5) is 21.0. The molecule has 1 aliphatic heterocycles. The lowest BCUT2D eigenvalue weighted by Crippen LogP contribution is -2.29. The molecule has 0 saturated carbocycles. The molecule has 7 nitrogen and oxygen atoms in total. The average Bonchev–Trinajstić information content (AvgIpc) is 3.15. The van der Waals surface area contributed by atoms with Crippen LogP contribution in [0.15, 0.2) is 42.9 Å². The van der Waals surface area contributed by atoms with Crippen LogP contribution in [0.25, 0.3) is 22.5 Å². The maximum absolute atomic E-state index is 12.5. The molecule has 9 heteroatoms. The Morgan fingerprint density at radius 2 is 1.93 bits per heavy atom. The smallest absolute Gasteiger partial charge is 0.272 e. The first-order valence-corrected chi connectivity index (χ1v) is 9.57. The van der Waals surface area contributed by atoms with E-state index in [1.807, 2.05) is 18.2 Å². The number of aliphatic hydroxyl groups excluding tert-OH is 1. The van der Waals surface area contributed by atoms with Crippen LogP contribution in [-0.2, 0) is 0 Å². The highest BCUT2D eigenvalue weighted by Gasteiger charge is 2.30. The third-order valence-electron chi connectivity index (χ3n) is 4.97. The molecule has 0 spiro atoms. The van der Waals surface area contributed by atoms with E-state index in [4.69, 9.17) is 11.6 Å². The van der Waals surface area contributed by atoms with Gasteiger partial charge in [-0.2, -0.15) is 5.10 Å². The minimum atomic E-state index is -0.608. The summed E-state index contributed by atoms with van der Waals surface area (Å²) in [5, 5.41) is 18.1. The molecule has 2 N–H and O–H groups in total. The van der Waals surface area contributed by atoms with E-state index in [1.165, 1.54) is 11.0 Å². The van der Waals surface area contributed by atoms with Crippen molar-refractivity contribution in [3.8, 4) is 22.5 Å². The number of carbonyl (C=O) groups excluding carboxylic acids is 1. The fourth-order valence-corrected chi connectivity index (χ4v) is 3.79. The monoisotopic (exact) mass is 433 g/mol. The number of aromatic nitrogens is 4. The third kappa shape index (κ3) is 4.33. The first-order chi connectivity index (χ1) is 13.7. The van der Waals surface area contributed by atoms with Gasteiger partial charge in [-0.25, -0.2) is 14.6 Å². The molecule has 0 radical (unpaired) electrons. The molecular formula is C20H21Cl2N5O2. The number of carbonyl (C=O) groups is 1. The number of piperidine rings is 1. The fourth-order valence-electron chi connectivity index (χ4n) is 3.66. The van der Waals surface area contributed by atoms with Crippen LogP contribution < -0.4 is 5.32 Å². The molecule has 3 heterocycles. The van der Waals surface area contributed by atoms with Crippen molar-refractivity contribution in [2.45, 2.75) is 18.8 Å². The minimum Gasteiger partial charge on any atom is -0.386 e. The molecule has 1 aliphatic rings. The van der Waals surface area contributed by atoms with Gasteiger partial charge in [0.25, 0.3) is 5.91 Å². The summed E-state index contributed by atoms with van der Waals surface area (Å²) in [6.45, 7) is 1.12. The number of nitrogens with zero attached hydrogens (tertiary/aromatic N) is 4. The number of halogens is 2. The summed E-state index contributed by atoms with van der Waals surface area (Å²) in [6.07, 6.45) is 4.91. The number of rotatable bonds is 4. The predicted molar refractivity (Wildman–Crippen MR) is 114 cm³/mol. The second-order valence-electron chi connectivity index (χ2n) is 6.70. The molecule has 152 valence electrons. The van der Waals surface area contributed by atoms with E-state index >= 15 is 0 Å². The first-order valence-electron chi connectivity index (χ1n) is 9.19. The lowest BCUT2D eigenvalue weighted by Gasteiger charge is -2.24. The van der Waals surface area contributed by atoms with Crippen molar-refractivity contribution in [1.82, 2.24) is 25.1 Å². The van der Waals surface area contributed by atoms with E-state index in [-0.39, 0.29) is 18.3 Å².